The minimum atomic E-state index is -4.56. The molecule has 1 unspecified atom stereocenters. The van der Waals surface area contributed by atoms with Crippen molar-refractivity contribution < 1.29 is 73.1 Å². The molecule has 0 radical (unpaired) electrons. The van der Waals surface area contributed by atoms with Crippen molar-refractivity contribution in [3.63, 3.8) is 0 Å². The monoisotopic (exact) mass is 1960 g/mol. The number of anilines is 1. The molecule has 20 rings (SSSR count). The maximum absolute atomic E-state index is 14.0. The van der Waals surface area contributed by atoms with Crippen molar-refractivity contribution in [2.45, 2.75) is 77.1 Å². The van der Waals surface area contributed by atoms with Crippen LogP contribution in [-0.4, -0.2) is 47.8 Å². The fourth-order valence-electron chi connectivity index (χ4n) is 18.4. The summed E-state index contributed by atoms with van der Waals surface area (Å²) in [5.41, 5.74) is -0.514. The van der Waals surface area contributed by atoms with Crippen molar-refractivity contribution >= 4 is 16.5 Å². The van der Waals surface area contributed by atoms with Gasteiger partial charge in [0.05, 0.1) is 22.3 Å². The molecule has 144 heavy (non-hydrogen) atoms. The van der Waals surface area contributed by atoms with Crippen LogP contribution in [0.1, 0.15) is 130 Å². The van der Waals surface area contributed by atoms with E-state index in [9.17, 15) is 73.1 Å². The molecule has 0 saturated carbocycles. The number of nitrogens with one attached hydrogen (secondary N) is 2. The first-order chi connectivity index (χ1) is 69.5. The summed E-state index contributed by atoms with van der Waals surface area (Å²) in [5.74, 6) is 0. The van der Waals surface area contributed by atoms with Gasteiger partial charge in [-0.05, 0) is 145 Å². The molecule has 2 aromatic heterocycles. The van der Waals surface area contributed by atoms with Gasteiger partial charge in [-0.2, -0.15) is 57.8 Å². The average molecular weight is 1960 g/mol. The van der Waals surface area contributed by atoms with Gasteiger partial charge in [-0.3, -0.25) is 4.68 Å². The normalized spacial score (nSPS) is 13.0. The number of halogens is 12. The van der Waals surface area contributed by atoms with Crippen LogP contribution >= 0.6 is 11.3 Å². The molecule has 22 heteroatoms. The maximum atomic E-state index is 14.0. The van der Waals surface area contributed by atoms with E-state index < -0.39 is 80.4 Å². The minimum Gasteiger partial charge on any atom is -0.379 e. The Balaban J connectivity index is 0.000000130. The summed E-state index contributed by atoms with van der Waals surface area (Å²) in [4.78, 5) is 4.48. The van der Waals surface area contributed by atoms with Crippen molar-refractivity contribution in [3.8, 4) is 0 Å². The molecule has 1 aliphatic rings. The van der Waals surface area contributed by atoms with Gasteiger partial charge in [-0.1, -0.05) is 455 Å². The van der Waals surface area contributed by atoms with Gasteiger partial charge in [0.1, 0.15) is 33.5 Å². The second-order valence-electron chi connectivity index (χ2n) is 33.9. The summed E-state index contributed by atoms with van der Waals surface area (Å²) in [6.07, 6.45) is -10.7. The van der Waals surface area contributed by atoms with Crippen LogP contribution in [0.25, 0.3) is 0 Å². The van der Waals surface area contributed by atoms with Crippen molar-refractivity contribution in [2.24, 2.45) is 0 Å². The second kappa shape index (κ2) is 45.9. The zero-order chi connectivity index (χ0) is 101. The van der Waals surface area contributed by atoms with Crippen LogP contribution in [0.5, 0.6) is 0 Å². The Hall–Kier alpha value is -15.7. The highest BCUT2D eigenvalue weighted by atomic mass is 32.1. The molecular weight excluding hydrogens is 1860 g/mol. The summed E-state index contributed by atoms with van der Waals surface area (Å²) in [7, 11) is 0. The topological polar surface area (TPSA) is 136 Å². The zero-order valence-corrected chi connectivity index (χ0v) is 78.2. The number of hydrogen-bond acceptors (Lipinski definition) is 9. The van der Waals surface area contributed by atoms with Gasteiger partial charge in [0.25, 0.3) is 0 Å². The number of nitrogens with zero attached hydrogens (tertiary/aromatic N) is 3. The van der Waals surface area contributed by atoms with E-state index in [4.69, 9.17) is 0 Å². The molecular formula is C122H99F12N5O4S. The quantitative estimate of drug-likeness (QED) is 0.0309. The van der Waals surface area contributed by atoms with Gasteiger partial charge in [-0.15, -0.1) is 11.3 Å². The van der Waals surface area contributed by atoms with E-state index in [-0.39, 0.29) is 22.7 Å². The van der Waals surface area contributed by atoms with Crippen LogP contribution < -0.4 is 10.6 Å². The lowest BCUT2D eigenvalue weighted by Crippen LogP contribution is -2.46. The van der Waals surface area contributed by atoms with Gasteiger partial charge in [-0.25, -0.2) is 4.98 Å². The zero-order valence-electron chi connectivity index (χ0n) is 77.4. The Morgan fingerprint density at radius 2 is 0.542 bits per heavy atom. The molecule has 3 heterocycles. The molecule has 0 aliphatic carbocycles. The molecule has 17 aromatic carbocycles. The first kappa shape index (κ1) is 103. The molecule has 726 valence electrons. The number of aromatic nitrogens is 3. The van der Waals surface area contributed by atoms with Gasteiger partial charge in [0.2, 0.25) is 0 Å². The Labute approximate surface area is 831 Å². The van der Waals surface area contributed by atoms with Crippen molar-refractivity contribution in [3.05, 3.63) is 638 Å². The van der Waals surface area contributed by atoms with Crippen LogP contribution in [0.3, 0.4) is 0 Å². The molecule has 0 bridgehead atoms. The highest BCUT2D eigenvalue weighted by Crippen LogP contribution is 2.50. The second-order valence-corrected chi connectivity index (χ2v) is 34.8. The lowest BCUT2D eigenvalue weighted by atomic mass is 9.75. The molecule has 1 saturated heterocycles. The Morgan fingerprint density at radius 3 is 0.854 bits per heavy atom. The fraction of sp³-hybridized carbons (Fsp3) is 0.115. The van der Waals surface area contributed by atoms with Crippen LogP contribution in [0.4, 0.5) is 57.8 Å². The molecule has 1 fully saturated rings. The fourth-order valence-corrected chi connectivity index (χ4v) is 19.0. The third-order valence-corrected chi connectivity index (χ3v) is 25.9. The van der Waals surface area contributed by atoms with Gasteiger partial charge >= 0.3 is 24.7 Å². The smallest absolute Gasteiger partial charge is 0.379 e. The third-order valence-electron chi connectivity index (χ3n) is 25.2. The molecule has 1 aliphatic heterocycles. The van der Waals surface area contributed by atoms with E-state index in [1.54, 1.807) is 210 Å². The Morgan fingerprint density at radius 1 is 0.264 bits per heavy atom. The van der Waals surface area contributed by atoms with Crippen molar-refractivity contribution in [1.29, 1.82) is 0 Å². The van der Waals surface area contributed by atoms with Crippen molar-refractivity contribution in [2.75, 3.05) is 11.9 Å². The number of hydrogen-bond donors (Lipinski definition) is 6. The molecule has 1 atom stereocenters. The standard InChI is InChI=1S/C23H17F3N2.C22H18N2S.3C20H15F3O.C17H19NO/c24-23(25,26)21-15-8-7-14-20(21)22(28-17-9-16-27-28,18-10-3-1-4-11-18)19-12-5-2-6-13-19;1-4-10-18(11-5-1)22(19-12-6-2-7-13-19,20-14-8-3-9-15-20)24-21-23-16-17-25-21;21-20(22,23)18-14-8-7-13-17(18)19(24,15-9-3-1-4-10-15)16-11-5-2-6-12-16;21-20(22,23)18-13-7-12-17(14-18)19(24,15-8-3-1-4-9-15)16-10-5-2-6-11-16;21-20(22,23)18-13-11-17(12-14-18)19(24,15-7-3-1-4-8-15)16-9-5-2-6-10-16;19-17(16-12-7-13-18-16,14-8-3-1-4-9-14)15-10-5-2-6-11-15/h1-17H;1-17H,(H,23,24);3*1-14,24H;1-6,8-11,16,18-19H,7,12-13H2. The van der Waals surface area contributed by atoms with Gasteiger partial charge in [0.15, 0.2) is 5.13 Å². The van der Waals surface area contributed by atoms with E-state index in [0.29, 0.717) is 50.1 Å². The largest absolute Gasteiger partial charge is 0.416 e. The van der Waals surface area contributed by atoms with E-state index in [1.165, 1.54) is 71.3 Å². The van der Waals surface area contributed by atoms with Crippen molar-refractivity contribution in [1.82, 2.24) is 20.1 Å². The highest BCUT2D eigenvalue weighted by molar-refractivity contribution is 7.13. The van der Waals surface area contributed by atoms with E-state index >= 15 is 0 Å². The van der Waals surface area contributed by atoms with Gasteiger partial charge < -0.3 is 31.1 Å². The van der Waals surface area contributed by atoms with Crippen LogP contribution in [0.15, 0.2) is 521 Å². The SMILES string of the molecule is FC(F)(F)c1ccccc1C(c1ccccc1)(c1ccccc1)n1cccn1.OC(c1ccccc1)(c1ccccc1)C1CCCN1.OC(c1ccccc1)(c1ccccc1)c1ccc(C(F)(F)F)cc1.OC(c1ccccc1)(c1ccccc1)c1cccc(C(F)(F)F)c1.OC(c1ccccc1)(c1ccccc1)c1ccccc1C(F)(F)F.c1ccc(C(Nc2nccs2)(c2ccccc2)c2ccccc2)cc1. The third kappa shape index (κ3) is 22.9. The van der Waals surface area contributed by atoms with Crippen LogP contribution in [0, 0.1) is 0 Å². The first-order valence-corrected chi connectivity index (χ1v) is 47.1. The predicted molar refractivity (Wildman–Crippen MR) is 543 cm³/mol. The van der Waals surface area contributed by atoms with Crippen LogP contribution in [0.2, 0.25) is 0 Å². The summed E-state index contributed by atoms with van der Waals surface area (Å²) >= 11 is 1.61. The van der Waals surface area contributed by atoms with Crippen LogP contribution in [-0.2, 0) is 58.2 Å². The molecule has 19 aromatic rings. The lowest BCUT2D eigenvalue weighted by Gasteiger charge is -2.37. The molecule has 0 amide bonds. The number of thiazole rings is 1. The summed E-state index contributed by atoms with van der Waals surface area (Å²) in [5, 5.41) is 60.2. The Kier molecular flexibility index (Phi) is 32.8. The molecule has 0 spiro atoms. The average Bonchev–Trinajstić information content (AvgIpc) is 1.30. The van der Waals surface area contributed by atoms with E-state index in [2.05, 4.69) is 93.5 Å². The summed E-state index contributed by atoms with van der Waals surface area (Å²) in [6, 6.07) is 144. The Bertz CT molecular complexity index is 6810. The maximum Gasteiger partial charge on any atom is 0.416 e. The first-order valence-electron chi connectivity index (χ1n) is 46.2. The van der Waals surface area contributed by atoms with E-state index in [0.717, 1.165) is 72.0 Å². The number of alkyl halides is 12. The minimum absolute atomic E-state index is 0.0808. The number of rotatable bonds is 21. The predicted octanol–water partition coefficient (Wildman–Crippen LogP) is 28.9. The van der Waals surface area contributed by atoms with E-state index in [1.807, 2.05) is 163 Å². The highest BCUT2D eigenvalue weighted by Gasteiger charge is 2.49. The lowest BCUT2D eigenvalue weighted by molar-refractivity contribution is -0.140. The molecule has 6 N–H and O–H groups in total. The number of benzene rings is 17. The molecule has 9 nitrogen and oxygen atoms in total. The number of aliphatic hydroxyl groups is 4. The van der Waals surface area contributed by atoms with Gasteiger partial charge in [0, 0.05) is 41.1 Å². The summed E-state index contributed by atoms with van der Waals surface area (Å²) < 4.78 is 162. The summed E-state index contributed by atoms with van der Waals surface area (Å²) in [6.45, 7) is 0.979.